The Morgan fingerprint density at radius 1 is 0.964 bits per heavy atom. The van der Waals surface area contributed by atoms with Crippen molar-refractivity contribution in [3.05, 3.63) is 0 Å². The summed E-state index contributed by atoms with van der Waals surface area (Å²) in [5.41, 5.74) is 0. The summed E-state index contributed by atoms with van der Waals surface area (Å²) in [6.45, 7) is 2.63. The molecule has 0 amide bonds. The number of phosphoric acid groups is 2. The Labute approximate surface area is 251 Å². The maximum atomic E-state index is 10.8. The molecular formula is C10H18Na4O12P2. The normalized spacial score (nSPS) is 27.7. The van der Waals surface area contributed by atoms with Crippen molar-refractivity contribution in [2.24, 2.45) is 5.92 Å². The van der Waals surface area contributed by atoms with Crippen molar-refractivity contribution in [1.29, 1.82) is 0 Å². The van der Waals surface area contributed by atoms with Gasteiger partial charge in [0.1, 0.15) is 24.4 Å². The van der Waals surface area contributed by atoms with E-state index in [1.165, 1.54) is 0 Å². The zero-order valence-electron chi connectivity index (χ0n) is 16.7. The Balaban J connectivity index is -0.000000720. The maximum absolute atomic E-state index is 10.8. The minimum atomic E-state index is -5.70. The van der Waals surface area contributed by atoms with Crippen molar-refractivity contribution in [2.45, 2.75) is 44.6 Å². The topological polar surface area (TPSA) is 204 Å². The molecule has 0 aromatic carbocycles. The van der Waals surface area contributed by atoms with Crippen molar-refractivity contribution in [2.75, 3.05) is 13.2 Å². The molecule has 0 aromatic rings. The Kier molecular flexibility index (Phi) is 24.5. The summed E-state index contributed by atoms with van der Waals surface area (Å²) in [5, 5.41) is 19.3. The van der Waals surface area contributed by atoms with Crippen LogP contribution in [0.25, 0.3) is 0 Å². The number of rotatable bonds is 8. The Bertz CT molecular complexity index is 503. The van der Waals surface area contributed by atoms with Crippen molar-refractivity contribution < 1.29 is 176 Å². The van der Waals surface area contributed by atoms with Crippen molar-refractivity contribution in [3.8, 4) is 0 Å². The average Bonchev–Trinajstić information content (AvgIpc) is 2.39. The van der Waals surface area contributed by atoms with Gasteiger partial charge >= 0.3 is 118 Å². The van der Waals surface area contributed by atoms with Gasteiger partial charge in [0.2, 0.25) is 0 Å². The zero-order valence-corrected chi connectivity index (χ0v) is 26.5. The molecule has 0 radical (unpaired) electrons. The summed E-state index contributed by atoms with van der Waals surface area (Å²) < 4.78 is 40.1. The van der Waals surface area contributed by atoms with E-state index in [0.717, 1.165) is 0 Å². The zero-order chi connectivity index (χ0) is 18.7. The van der Waals surface area contributed by atoms with Crippen LogP contribution in [0.4, 0.5) is 0 Å². The van der Waals surface area contributed by atoms with Crippen LogP contribution in [0.2, 0.25) is 0 Å². The quantitative estimate of drug-likeness (QED) is 0.244. The summed E-state index contributed by atoms with van der Waals surface area (Å²) in [6, 6.07) is 0. The van der Waals surface area contributed by atoms with Crippen LogP contribution in [-0.2, 0) is 27.7 Å². The van der Waals surface area contributed by atoms with E-state index in [2.05, 4.69) is 9.05 Å². The van der Waals surface area contributed by atoms with Crippen molar-refractivity contribution >= 4 is 15.6 Å². The van der Waals surface area contributed by atoms with E-state index in [9.17, 15) is 38.9 Å². The SMILES string of the molecule is CC(C)CO[C@@H]1O[C@H](CO)[C@H](OP(=O)([O-])[O-])[C@H](OP(=O)([O-])[O-])[C@H]1O.[Na+].[Na+].[Na+].[Na+]. The van der Waals surface area contributed by atoms with Crippen LogP contribution in [0.5, 0.6) is 0 Å². The van der Waals surface area contributed by atoms with Crippen LogP contribution in [0.1, 0.15) is 13.8 Å². The predicted molar refractivity (Wildman–Crippen MR) is 67.5 cm³/mol. The first-order valence-corrected chi connectivity index (χ1v) is 9.73. The van der Waals surface area contributed by atoms with Crippen molar-refractivity contribution in [1.82, 2.24) is 0 Å². The molecule has 2 N–H and O–H groups in total. The van der Waals surface area contributed by atoms with E-state index in [0.29, 0.717) is 0 Å². The molecule has 1 rings (SSSR count). The van der Waals surface area contributed by atoms with Gasteiger partial charge in [-0.05, 0) is 5.92 Å². The monoisotopic (exact) mass is 484 g/mol. The Morgan fingerprint density at radius 3 is 1.75 bits per heavy atom. The van der Waals surface area contributed by atoms with Crippen molar-refractivity contribution in [3.63, 3.8) is 0 Å². The predicted octanol–water partition coefficient (Wildman–Crippen LogP) is -15.8. The molecule has 18 heteroatoms. The molecule has 0 unspecified atom stereocenters. The summed E-state index contributed by atoms with van der Waals surface area (Å²) in [5.74, 6) is -0.0182. The molecule has 1 saturated heterocycles. The second-order valence-electron chi connectivity index (χ2n) is 5.48. The van der Waals surface area contributed by atoms with Gasteiger partial charge in [0.15, 0.2) is 6.29 Å². The van der Waals surface area contributed by atoms with Crippen LogP contribution in [0.15, 0.2) is 0 Å². The first-order chi connectivity index (χ1) is 10.8. The third-order valence-electron chi connectivity index (χ3n) is 2.89. The van der Waals surface area contributed by atoms with E-state index in [1.54, 1.807) is 13.8 Å². The van der Waals surface area contributed by atoms with E-state index in [4.69, 9.17) is 9.47 Å². The molecule has 0 aromatic heterocycles. The third-order valence-corrected chi connectivity index (χ3v) is 3.89. The van der Waals surface area contributed by atoms with Gasteiger partial charge in [0.25, 0.3) is 0 Å². The van der Waals surface area contributed by atoms with Gasteiger partial charge in [0.05, 0.1) is 28.9 Å². The van der Waals surface area contributed by atoms with Gasteiger partial charge < -0.3 is 57.4 Å². The van der Waals surface area contributed by atoms with Crippen LogP contribution >= 0.6 is 15.6 Å². The van der Waals surface area contributed by atoms with Crippen LogP contribution in [0.3, 0.4) is 0 Å². The van der Waals surface area contributed by atoms with Gasteiger partial charge in [-0.2, -0.15) is 0 Å². The molecule has 144 valence electrons. The molecule has 0 aliphatic carbocycles. The molecule has 1 fully saturated rings. The van der Waals surface area contributed by atoms with Gasteiger partial charge in [0, 0.05) is 0 Å². The van der Waals surface area contributed by atoms with Gasteiger partial charge in [-0.3, -0.25) is 0 Å². The minimum absolute atomic E-state index is 0. The number of aliphatic hydroxyl groups is 2. The number of hydrogen-bond acceptors (Lipinski definition) is 12. The van der Waals surface area contributed by atoms with Gasteiger partial charge in [-0.15, -0.1) is 0 Å². The number of phosphoric ester groups is 2. The smallest absolute Gasteiger partial charge is 0.790 e. The van der Waals surface area contributed by atoms with E-state index >= 15 is 0 Å². The van der Waals surface area contributed by atoms with Crippen LogP contribution in [0, 0.1) is 5.92 Å². The molecule has 1 heterocycles. The van der Waals surface area contributed by atoms with E-state index < -0.39 is 53.0 Å². The summed E-state index contributed by atoms with van der Waals surface area (Å²) in [6.07, 6.45) is -9.29. The first kappa shape index (κ1) is 39.3. The van der Waals surface area contributed by atoms with Gasteiger partial charge in [-0.1, -0.05) is 13.8 Å². The molecule has 0 saturated carbocycles. The molecule has 0 spiro atoms. The van der Waals surface area contributed by atoms with Crippen LogP contribution < -0.4 is 138 Å². The molecule has 12 nitrogen and oxygen atoms in total. The largest absolute Gasteiger partial charge is 1.00 e. The van der Waals surface area contributed by atoms with E-state index in [-0.39, 0.29) is 131 Å². The molecular weight excluding hydrogens is 466 g/mol. The second kappa shape index (κ2) is 17.5. The second-order valence-corrected chi connectivity index (χ2v) is 7.69. The molecule has 1 aliphatic heterocycles. The summed E-state index contributed by atoms with van der Waals surface area (Å²) >= 11 is 0. The summed E-state index contributed by atoms with van der Waals surface area (Å²) in [7, 11) is -11.4. The van der Waals surface area contributed by atoms with E-state index in [1.807, 2.05) is 0 Å². The Hall–Kier alpha value is 4.06. The maximum Gasteiger partial charge on any atom is 1.00 e. The molecule has 0 bridgehead atoms. The fourth-order valence-corrected chi connectivity index (χ4v) is 3.11. The minimum Gasteiger partial charge on any atom is -0.790 e. The number of hydrogen-bond donors (Lipinski definition) is 2. The fourth-order valence-electron chi connectivity index (χ4n) is 2.01. The Morgan fingerprint density at radius 2 is 1.39 bits per heavy atom. The standard InChI is InChI=1S/C10H22O12P2.4Na/c1-5(2)4-19-10-7(12)9(22-24(16,17)18)8(6(3-11)20-10)21-23(13,14)15;;;;/h5-12H,3-4H2,1-2H3,(H2,13,14,15)(H2,16,17,18);;;;/q;4*+1/p-4/t6-,7-,8+,9-,10-;;;;/m1..../s1. The number of ether oxygens (including phenoxy) is 2. The molecule has 5 atom stereocenters. The van der Waals surface area contributed by atoms with Gasteiger partial charge in [-0.25, -0.2) is 0 Å². The van der Waals surface area contributed by atoms with Crippen LogP contribution in [-0.4, -0.2) is 54.1 Å². The molecule has 1 aliphatic rings. The fraction of sp³-hybridized carbons (Fsp3) is 1.00. The first-order valence-electron chi connectivity index (χ1n) is 6.81. The molecule has 28 heavy (non-hydrogen) atoms. The average molecular weight is 484 g/mol. The summed E-state index contributed by atoms with van der Waals surface area (Å²) in [4.78, 5) is 43.3. The number of aliphatic hydroxyl groups excluding tert-OH is 2. The third kappa shape index (κ3) is 15.1.